The van der Waals surface area contributed by atoms with Crippen molar-refractivity contribution >= 4 is 17.3 Å². The second-order valence-electron chi connectivity index (χ2n) is 4.96. The van der Waals surface area contributed by atoms with Gasteiger partial charge in [0.25, 0.3) is 0 Å². The van der Waals surface area contributed by atoms with Crippen molar-refractivity contribution in [3.05, 3.63) is 23.8 Å². The van der Waals surface area contributed by atoms with Crippen LogP contribution in [0.15, 0.2) is 18.2 Å². The molecule has 0 aliphatic carbocycles. The van der Waals surface area contributed by atoms with Gasteiger partial charge in [-0.3, -0.25) is 4.79 Å². The van der Waals surface area contributed by atoms with Crippen LogP contribution in [0.5, 0.6) is 0 Å². The maximum absolute atomic E-state index is 11.0. The number of nitrogen functional groups attached to an aromatic ring is 1. The summed E-state index contributed by atoms with van der Waals surface area (Å²) in [6, 6.07) is 5.13. The number of nitrogens with zero attached hydrogens (tertiary/aromatic N) is 1. The number of hydrogen-bond donors (Lipinski definition) is 3. The lowest BCUT2D eigenvalue weighted by Crippen LogP contribution is -2.19. The first-order valence-corrected chi connectivity index (χ1v) is 6.18. The molecule has 0 spiro atoms. The number of anilines is 2. The molecule has 1 aliphatic rings. The molecule has 0 saturated carbocycles. The van der Waals surface area contributed by atoms with Crippen molar-refractivity contribution in [2.24, 2.45) is 11.7 Å². The maximum Gasteiger partial charge on any atom is 0.248 e. The minimum atomic E-state index is -0.453. The topological polar surface area (TPSA) is 84.4 Å². The molecule has 18 heavy (non-hydrogen) atoms. The molecule has 1 fully saturated rings. The first-order valence-electron chi connectivity index (χ1n) is 6.18. The van der Waals surface area contributed by atoms with Crippen molar-refractivity contribution in [2.75, 3.05) is 37.7 Å². The summed E-state index contributed by atoms with van der Waals surface area (Å²) in [6.07, 6.45) is 1.21. The maximum atomic E-state index is 11.0. The fraction of sp³-hybridized carbons (Fsp3) is 0.462. The number of nitrogens with two attached hydrogens (primary N) is 2. The standard InChI is InChI=1S/C13H20N4O/c1-17-5-4-9(8-17)7-16-12-3-2-10(13(15)18)6-11(12)14/h2-3,6,9,16H,4-5,7-8,14H2,1H3,(H2,15,18). The van der Waals surface area contributed by atoms with Crippen LogP contribution in [0.2, 0.25) is 0 Å². The molecule has 1 amide bonds. The number of nitrogens with one attached hydrogen (secondary N) is 1. The predicted molar refractivity (Wildman–Crippen MR) is 73.5 cm³/mol. The van der Waals surface area contributed by atoms with E-state index in [9.17, 15) is 4.79 Å². The van der Waals surface area contributed by atoms with Crippen molar-refractivity contribution in [3.8, 4) is 0 Å². The van der Waals surface area contributed by atoms with E-state index < -0.39 is 5.91 Å². The van der Waals surface area contributed by atoms with Gasteiger partial charge in [0.05, 0.1) is 11.4 Å². The molecule has 1 unspecified atom stereocenters. The number of carbonyl (C=O) groups is 1. The molecule has 1 aromatic carbocycles. The number of carbonyl (C=O) groups excluding carboxylic acids is 1. The summed E-state index contributed by atoms with van der Waals surface area (Å²) >= 11 is 0. The van der Waals surface area contributed by atoms with Crippen LogP contribution < -0.4 is 16.8 Å². The Kier molecular flexibility index (Phi) is 3.72. The van der Waals surface area contributed by atoms with Crippen LogP contribution in [0.3, 0.4) is 0 Å². The van der Waals surface area contributed by atoms with Crippen LogP contribution in [-0.4, -0.2) is 37.5 Å². The van der Waals surface area contributed by atoms with Gasteiger partial charge in [0.2, 0.25) is 5.91 Å². The molecule has 0 radical (unpaired) electrons. The van der Waals surface area contributed by atoms with Crippen molar-refractivity contribution in [1.82, 2.24) is 4.90 Å². The Bertz CT molecular complexity index is 447. The summed E-state index contributed by atoms with van der Waals surface area (Å²) in [5.41, 5.74) is 13.0. The molecule has 1 atom stereocenters. The summed E-state index contributed by atoms with van der Waals surface area (Å²) in [5, 5.41) is 3.34. The van der Waals surface area contributed by atoms with Gasteiger partial charge < -0.3 is 21.7 Å². The summed E-state index contributed by atoms with van der Waals surface area (Å²) in [6.45, 7) is 3.18. The first-order chi connectivity index (χ1) is 8.56. The number of likely N-dealkylation sites (tertiary alicyclic amines) is 1. The minimum Gasteiger partial charge on any atom is -0.397 e. The van der Waals surface area contributed by atoms with E-state index in [4.69, 9.17) is 11.5 Å². The van der Waals surface area contributed by atoms with Gasteiger partial charge in [0.15, 0.2) is 0 Å². The number of benzene rings is 1. The highest BCUT2D eigenvalue weighted by molar-refractivity contribution is 5.94. The Hall–Kier alpha value is -1.75. The average Bonchev–Trinajstić information content (AvgIpc) is 2.73. The summed E-state index contributed by atoms with van der Waals surface area (Å²) in [7, 11) is 2.13. The van der Waals surface area contributed by atoms with E-state index in [1.54, 1.807) is 12.1 Å². The zero-order chi connectivity index (χ0) is 13.1. The Morgan fingerprint density at radius 1 is 1.56 bits per heavy atom. The van der Waals surface area contributed by atoms with E-state index in [0.717, 1.165) is 25.3 Å². The number of amides is 1. The average molecular weight is 248 g/mol. The third kappa shape index (κ3) is 2.92. The second kappa shape index (κ2) is 5.27. The predicted octanol–water partition coefficient (Wildman–Crippen LogP) is 0.731. The number of hydrogen-bond acceptors (Lipinski definition) is 4. The molecule has 5 nitrogen and oxygen atoms in total. The van der Waals surface area contributed by atoms with Crippen LogP contribution in [-0.2, 0) is 0 Å². The summed E-state index contributed by atoms with van der Waals surface area (Å²) in [5.74, 6) is 0.205. The zero-order valence-electron chi connectivity index (χ0n) is 10.6. The van der Waals surface area contributed by atoms with Crippen LogP contribution in [0, 0.1) is 5.92 Å². The Balaban J connectivity index is 1.95. The lowest BCUT2D eigenvalue weighted by molar-refractivity contribution is 0.100. The van der Waals surface area contributed by atoms with Crippen LogP contribution >= 0.6 is 0 Å². The molecule has 98 valence electrons. The van der Waals surface area contributed by atoms with Gasteiger partial charge in [0.1, 0.15) is 0 Å². The molecule has 2 rings (SSSR count). The van der Waals surface area contributed by atoms with Crippen LogP contribution in [0.1, 0.15) is 16.8 Å². The SMILES string of the molecule is CN1CCC(CNc2ccc(C(N)=O)cc2N)C1. The number of rotatable bonds is 4. The van der Waals surface area contributed by atoms with Crippen molar-refractivity contribution < 1.29 is 4.79 Å². The van der Waals surface area contributed by atoms with Gasteiger partial charge >= 0.3 is 0 Å². The highest BCUT2D eigenvalue weighted by Crippen LogP contribution is 2.21. The molecule has 0 aromatic heterocycles. The lowest BCUT2D eigenvalue weighted by atomic mass is 10.1. The third-order valence-electron chi connectivity index (χ3n) is 3.41. The third-order valence-corrected chi connectivity index (χ3v) is 3.41. The van der Waals surface area contributed by atoms with Gasteiger partial charge in [-0.1, -0.05) is 0 Å². The zero-order valence-corrected chi connectivity index (χ0v) is 10.6. The van der Waals surface area contributed by atoms with Gasteiger partial charge in [-0.15, -0.1) is 0 Å². The number of primary amides is 1. The minimum absolute atomic E-state index is 0.443. The first kappa shape index (κ1) is 12.7. The molecular formula is C13H20N4O. The normalized spacial score (nSPS) is 19.9. The monoisotopic (exact) mass is 248 g/mol. The van der Waals surface area contributed by atoms with E-state index in [1.165, 1.54) is 6.42 Å². The fourth-order valence-corrected chi connectivity index (χ4v) is 2.32. The van der Waals surface area contributed by atoms with E-state index in [2.05, 4.69) is 17.3 Å². The van der Waals surface area contributed by atoms with Crippen molar-refractivity contribution in [3.63, 3.8) is 0 Å². The van der Waals surface area contributed by atoms with E-state index >= 15 is 0 Å². The highest BCUT2D eigenvalue weighted by atomic mass is 16.1. The molecule has 1 aliphatic heterocycles. The van der Waals surface area contributed by atoms with Crippen LogP contribution in [0.25, 0.3) is 0 Å². The van der Waals surface area contributed by atoms with E-state index in [1.807, 2.05) is 6.07 Å². The molecule has 1 aromatic rings. The quantitative estimate of drug-likeness (QED) is 0.686. The Morgan fingerprint density at radius 2 is 2.33 bits per heavy atom. The largest absolute Gasteiger partial charge is 0.397 e. The Morgan fingerprint density at radius 3 is 2.89 bits per heavy atom. The van der Waals surface area contributed by atoms with Gasteiger partial charge in [0, 0.05) is 18.7 Å². The second-order valence-corrected chi connectivity index (χ2v) is 4.96. The van der Waals surface area contributed by atoms with Crippen molar-refractivity contribution in [2.45, 2.75) is 6.42 Å². The van der Waals surface area contributed by atoms with Crippen LogP contribution in [0.4, 0.5) is 11.4 Å². The smallest absolute Gasteiger partial charge is 0.248 e. The van der Waals surface area contributed by atoms with Crippen molar-refractivity contribution in [1.29, 1.82) is 0 Å². The molecule has 5 N–H and O–H groups in total. The molecule has 5 heteroatoms. The highest BCUT2D eigenvalue weighted by Gasteiger charge is 2.19. The van der Waals surface area contributed by atoms with Gasteiger partial charge in [-0.05, 0) is 44.1 Å². The lowest BCUT2D eigenvalue weighted by Gasteiger charge is -2.14. The molecular weight excluding hydrogens is 228 g/mol. The molecule has 1 saturated heterocycles. The van der Waals surface area contributed by atoms with E-state index in [-0.39, 0.29) is 0 Å². The van der Waals surface area contributed by atoms with E-state index in [0.29, 0.717) is 17.2 Å². The summed E-state index contributed by atoms with van der Waals surface area (Å²) in [4.78, 5) is 13.3. The van der Waals surface area contributed by atoms with Gasteiger partial charge in [-0.2, -0.15) is 0 Å². The summed E-state index contributed by atoms with van der Waals surface area (Å²) < 4.78 is 0. The molecule has 1 heterocycles. The molecule has 0 bridgehead atoms. The van der Waals surface area contributed by atoms with Gasteiger partial charge in [-0.25, -0.2) is 0 Å². The Labute approximate surface area is 107 Å². The fourth-order valence-electron chi connectivity index (χ4n) is 2.32.